The minimum Gasteiger partial charge on any atom is -0.491 e. The Morgan fingerprint density at radius 3 is 2.69 bits per heavy atom. The predicted octanol–water partition coefficient (Wildman–Crippen LogP) is 4.10. The second-order valence-electron chi connectivity index (χ2n) is 6.14. The molecule has 2 aromatic rings. The third-order valence-corrected chi connectivity index (χ3v) is 4.19. The fourth-order valence-electron chi connectivity index (χ4n) is 2.76. The van der Waals surface area contributed by atoms with Gasteiger partial charge in [-0.1, -0.05) is 0 Å². The molecule has 1 N–H and O–H groups in total. The number of rotatable bonds is 7. The van der Waals surface area contributed by atoms with E-state index in [0.717, 1.165) is 19.4 Å². The number of ether oxygens (including phenoxy) is 2. The molecule has 7 nitrogen and oxygen atoms in total. The number of benzene rings is 2. The summed E-state index contributed by atoms with van der Waals surface area (Å²) < 4.78 is 11.2. The minimum absolute atomic E-state index is 0.142. The highest BCUT2D eigenvalue weighted by atomic mass is 16.6. The molecule has 1 fully saturated rings. The molecule has 2 aromatic carbocycles. The van der Waals surface area contributed by atoms with Crippen LogP contribution >= 0.6 is 0 Å². The highest BCUT2D eigenvalue weighted by Crippen LogP contribution is 2.29. The van der Waals surface area contributed by atoms with Crippen LogP contribution in [0, 0.1) is 10.1 Å². The predicted molar refractivity (Wildman–Crippen MR) is 97.3 cm³/mol. The summed E-state index contributed by atoms with van der Waals surface area (Å²) in [5, 5.41) is 14.3. The Morgan fingerprint density at radius 1 is 1.31 bits per heavy atom. The van der Waals surface area contributed by atoms with Crippen molar-refractivity contribution < 1.29 is 19.2 Å². The van der Waals surface area contributed by atoms with Gasteiger partial charge in [0.1, 0.15) is 18.0 Å². The number of nitrogens with zero attached hydrogens (tertiary/aromatic N) is 1. The SMILES string of the molecule is CC(=O)c1ccc(Nc2ccc(OC[C@@H]3CCCO3)cc2)c([N+](=O)[O-])c1. The molecule has 1 saturated heterocycles. The number of Topliss-reactive ketones (excluding diaryl/α,β-unsaturated/α-hetero) is 1. The molecule has 0 aliphatic carbocycles. The van der Waals surface area contributed by atoms with Crippen LogP contribution < -0.4 is 10.1 Å². The van der Waals surface area contributed by atoms with Crippen molar-refractivity contribution in [1.29, 1.82) is 0 Å². The van der Waals surface area contributed by atoms with Crippen molar-refractivity contribution in [3.05, 3.63) is 58.1 Å². The van der Waals surface area contributed by atoms with E-state index in [1.165, 1.54) is 19.1 Å². The average molecular weight is 356 g/mol. The van der Waals surface area contributed by atoms with Crippen molar-refractivity contribution in [1.82, 2.24) is 0 Å². The summed E-state index contributed by atoms with van der Waals surface area (Å²) in [6.45, 7) is 2.68. The van der Waals surface area contributed by atoms with E-state index in [9.17, 15) is 14.9 Å². The van der Waals surface area contributed by atoms with Crippen LogP contribution in [0.25, 0.3) is 0 Å². The van der Waals surface area contributed by atoms with E-state index in [4.69, 9.17) is 9.47 Å². The number of nitrogens with one attached hydrogen (secondary N) is 1. The zero-order valence-corrected chi connectivity index (χ0v) is 14.4. The summed E-state index contributed by atoms with van der Waals surface area (Å²) in [6, 6.07) is 11.6. The van der Waals surface area contributed by atoms with Gasteiger partial charge in [0.25, 0.3) is 5.69 Å². The molecule has 3 rings (SSSR count). The largest absolute Gasteiger partial charge is 0.491 e. The lowest BCUT2D eigenvalue weighted by Gasteiger charge is -2.12. The Bertz CT molecular complexity index is 798. The van der Waals surface area contributed by atoms with Crippen LogP contribution in [0.1, 0.15) is 30.1 Å². The van der Waals surface area contributed by atoms with E-state index >= 15 is 0 Å². The molecule has 7 heteroatoms. The molecule has 1 atom stereocenters. The van der Waals surface area contributed by atoms with Gasteiger partial charge in [-0.15, -0.1) is 0 Å². The van der Waals surface area contributed by atoms with Gasteiger partial charge in [-0.25, -0.2) is 0 Å². The highest BCUT2D eigenvalue weighted by molar-refractivity contribution is 5.95. The molecular formula is C19H20N2O5. The van der Waals surface area contributed by atoms with Crippen molar-refractivity contribution >= 4 is 22.8 Å². The number of carbonyl (C=O) groups excluding carboxylic acids is 1. The number of nitro groups is 1. The molecule has 1 heterocycles. The zero-order valence-electron chi connectivity index (χ0n) is 14.4. The van der Waals surface area contributed by atoms with Gasteiger partial charge < -0.3 is 14.8 Å². The first-order valence-electron chi connectivity index (χ1n) is 8.44. The molecule has 0 bridgehead atoms. The normalized spacial score (nSPS) is 16.3. The molecular weight excluding hydrogens is 336 g/mol. The van der Waals surface area contributed by atoms with E-state index in [1.54, 1.807) is 30.3 Å². The first-order valence-corrected chi connectivity index (χ1v) is 8.44. The van der Waals surface area contributed by atoms with Crippen LogP contribution in [0.5, 0.6) is 5.75 Å². The zero-order chi connectivity index (χ0) is 18.5. The van der Waals surface area contributed by atoms with E-state index in [2.05, 4.69) is 5.32 Å². The van der Waals surface area contributed by atoms with Gasteiger partial charge in [0.2, 0.25) is 0 Å². The summed E-state index contributed by atoms with van der Waals surface area (Å²) in [5.74, 6) is 0.500. The maximum atomic E-state index is 11.4. The van der Waals surface area contributed by atoms with Gasteiger partial charge in [0.15, 0.2) is 5.78 Å². The summed E-state index contributed by atoms with van der Waals surface area (Å²) in [7, 11) is 0. The highest BCUT2D eigenvalue weighted by Gasteiger charge is 2.17. The topological polar surface area (TPSA) is 90.7 Å². The monoisotopic (exact) mass is 356 g/mol. The Labute approximate surface area is 151 Å². The maximum Gasteiger partial charge on any atom is 0.293 e. The van der Waals surface area contributed by atoms with Crippen LogP contribution in [0.2, 0.25) is 0 Å². The first-order chi connectivity index (χ1) is 12.5. The Hall–Kier alpha value is -2.93. The third-order valence-electron chi connectivity index (χ3n) is 4.19. The number of anilines is 2. The lowest BCUT2D eigenvalue weighted by molar-refractivity contribution is -0.383. The summed E-state index contributed by atoms with van der Waals surface area (Å²) in [5.41, 5.74) is 1.18. The first kappa shape index (κ1) is 17.9. The number of ketones is 1. The van der Waals surface area contributed by atoms with Gasteiger partial charge in [0, 0.05) is 23.9 Å². The van der Waals surface area contributed by atoms with Crippen molar-refractivity contribution in [2.45, 2.75) is 25.9 Å². The van der Waals surface area contributed by atoms with Gasteiger partial charge in [-0.05, 0) is 56.2 Å². The summed E-state index contributed by atoms with van der Waals surface area (Å²) in [6.07, 6.45) is 2.23. The fourth-order valence-corrected chi connectivity index (χ4v) is 2.76. The third kappa shape index (κ3) is 4.37. The van der Waals surface area contributed by atoms with Crippen LogP contribution in [0.15, 0.2) is 42.5 Å². The number of hydrogen-bond acceptors (Lipinski definition) is 6. The van der Waals surface area contributed by atoms with Gasteiger partial charge >= 0.3 is 0 Å². The number of carbonyl (C=O) groups is 1. The molecule has 136 valence electrons. The Balaban J connectivity index is 1.68. The van der Waals surface area contributed by atoms with E-state index < -0.39 is 4.92 Å². The van der Waals surface area contributed by atoms with Crippen molar-refractivity contribution in [3.8, 4) is 5.75 Å². The van der Waals surface area contributed by atoms with E-state index in [1.807, 2.05) is 0 Å². The molecule has 26 heavy (non-hydrogen) atoms. The van der Waals surface area contributed by atoms with Gasteiger partial charge in [-0.2, -0.15) is 0 Å². The number of nitro benzene ring substituents is 1. The van der Waals surface area contributed by atoms with Crippen molar-refractivity contribution in [2.24, 2.45) is 0 Å². The number of hydrogen-bond donors (Lipinski definition) is 1. The molecule has 1 aliphatic rings. The molecule has 0 unspecified atom stereocenters. The molecule has 0 spiro atoms. The molecule has 0 radical (unpaired) electrons. The molecule has 1 aliphatic heterocycles. The standard InChI is InChI=1S/C19H20N2O5/c1-13(22)14-4-9-18(19(11-14)21(23)24)20-15-5-7-16(8-6-15)26-12-17-3-2-10-25-17/h4-9,11,17,20H,2-3,10,12H2,1H3/t17-/m0/s1. The van der Waals surface area contributed by atoms with Gasteiger partial charge in [-0.3, -0.25) is 14.9 Å². The van der Waals surface area contributed by atoms with Crippen LogP contribution in [-0.2, 0) is 4.74 Å². The van der Waals surface area contributed by atoms with Crippen LogP contribution in [0.3, 0.4) is 0 Å². The van der Waals surface area contributed by atoms with Crippen LogP contribution in [-0.4, -0.2) is 30.0 Å². The molecule has 0 amide bonds. The lowest BCUT2D eigenvalue weighted by Crippen LogP contribution is -2.16. The lowest BCUT2D eigenvalue weighted by atomic mass is 10.1. The Morgan fingerprint density at radius 2 is 2.08 bits per heavy atom. The fraction of sp³-hybridized carbons (Fsp3) is 0.316. The second-order valence-corrected chi connectivity index (χ2v) is 6.14. The minimum atomic E-state index is -0.506. The second kappa shape index (κ2) is 7.97. The summed E-state index contributed by atoms with van der Waals surface area (Å²) >= 11 is 0. The van der Waals surface area contributed by atoms with Crippen LogP contribution in [0.4, 0.5) is 17.1 Å². The molecule has 0 aromatic heterocycles. The van der Waals surface area contributed by atoms with E-state index in [-0.39, 0.29) is 17.6 Å². The smallest absolute Gasteiger partial charge is 0.293 e. The quantitative estimate of drug-likeness (QED) is 0.456. The van der Waals surface area contributed by atoms with E-state index in [0.29, 0.717) is 29.3 Å². The average Bonchev–Trinajstić information content (AvgIpc) is 3.14. The Kier molecular flexibility index (Phi) is 5.48. The van der Waals surface area contributed by atoms with Crippen molar-refractivity contribution in [2.75, 3.05) is 18.5 Å². The maximum absolute atomic E-state index is 11.4. The molecule has 0 saturated carbocycles. The van der Waals surface area contributed by atoms with Gasteiger partial charge in [0.05, 0.1) is 11.0 Å². The summed E-state index contributed by atoms with van der Waals surface area (Å²) in [4.78, 5) is 22.2. The van der Waals surface area contributed by atoms with Crippen molar-refractivity contribution in [3.63, 3.8) is 0 Å².